The maximum atomic E-state index is 13.1. The number of carbonyl (C=O) groups excluding carboxylic acids is 1. The van der Waals surface area contributed by atoms with Crippen molar-refractivity contribution >= 4 is 11.6 Å². The molecule has 3 heteroatoms. The lowest BCUT2D eigenvalue weighted by molar-refractivity contribution is -0.121. The zero-order chi connectivity index (χ0) is 17.2. The third-order valence-electron chi connectivity index (χ3n) is 5.15. The smallest absolute Gasteiger partial charge is 0.235 e. The molecule has 1 saturated carbocycles. The molecule has 0 aliphatic heterocycles. The van der Waals surface area contributed by atoms with Gasteiger partial charge in [0.05, 0.1) is 12.5 Å². The molecular weight excluding hydrogens is 298 g/mol. The molecule has 0 heterocycles. The van der Waals surface area contributed by atoms with Crippen molar-refractivity contribution in [2.45, 2.75) is 44.9 Å². The fourth-order valence-electron chi connectivity index (χ4n) is 3.70. The van der Waals surface area contributed by atoms with E-state index in [1.165, 1.54) is 5.56 Å². The third-order valence-corrected chi connectivity index (χ3v) is 5.15. The predicted octanol–water partition coefficient (Wildman–Crippen LogP) is 4.76. The molecule has 3 rings (SSSR count). The molecule has 0 unspecified atom stereocenters. The largest absolute Gasteiger partial charge is 0.496 e. The van der Waals surface area contributed by atoms with E-state index in [9.17, 15) is 4.79 Å². The number of hydrogen-bond donors (Lipinski definition) is 1. The number of methoxy groups -OCH3 is 1. The van der Waals surface area contributed by atoms with Crippen LogP contribution in [-0.2, 0) is 10.2 Å². The number of ether oxygens (including phenoxy) is 1. The van der Waals surface area contributed by atoms with Crippen molar-refractivity contribution in [2.24, 2.45) is 0 Å². The third kappa shape index (κ3) is 3.03. The summed E-state index contributed by atoms with van der Waals surface area (Å²) in [5.41, 5.74) is 3.80. The lowest BCUT2D eigenvalue weighted by Gasteiger charge is -2.28. The molecule has 0 aromatic heterocycles. The van der Waals surface area contributed by atoms with Gasteiger partial charge in [0.2, 0.25) is 5.91 Å². The van der Waals surface area contributed by atoms with Gasteiger partial charge in [-0.1, -0.05) is 42.7 Å². The minimum Gasteiger partial charge on any atom is -0.496 e. The number of carbonyl (C=O) groups is 1. The Balaban J connectivity index is 1.88. The molecule has 2 aromatic rings. The fraction of sp³-hybridized carbons (Fsp3) is 0.381. The van der Waals surface area contributed by atoms with Crippen molar-refractivity contribution in [1.29, 1.82) is 0 Å². The van der Waals surface area contributed by atoms with Gasteiger partial charge in [0.25, 0.3) is 0 Å². The minimum absolute atomic E-state index is 0.105. The number of amides is 1. The summed E-state index contributed by atoms with van der Waals surface area (Å²) in [6.45, 7) is 4.06. The summed E-state index contributed by atoms with van der Waals surface area (Å²) in [5.74, 6) is 0.940. The molecule has 2 aromatic carbocycles. The first kappa shape index (κ1) is 16.6. The molecule has 1 aliphatic rings. The molecule has 0 radical (unpaired) electrons. The first-order valence-electron chi connectivity index (χ1n) is 8.58. The Labute approximate surface area is 144 Å². The quantitative estimate of drug-likeness (QED) is 0.880. The van der Waals surface area contributed by atoms with Gasteiger partial charge in [-0.2, -0.15) is 0 Å². The van der Waals surface area contributed by atoms with Crippen LogP contribution in [0, 0.1) is 13.8 Å². The van der Waals surface area contributed by atoms with E-state index in [2.05, 4.69) is 36.5 Å². The van der Waals surface area contributed by atoms with Crippen molar-refractivity contribution in [3.63, 3.8) is 0 Å². The number of nitrogens with one attached hydrogen (secondary N) is 1. The van der Waals surface area contributed by atoms with Crippen LogP contribution in [0.2, 0.25) is 0 Å². The van der Waals surface area contributed by atoms with Gasteiger partial charge in [-0.3, -0.25) is 4.79 Å². The summed E-state index contributed by atoms with van der Waals surface area (Å²) in [5, 5.41) is 3.14. The molecule has 1 amide bonds. The average Bonchev–Trinajstić information content (AvgIpc) is 3.07. The van der Waals surface area contributed by atoms with E-state index < -0.39 is 5.41 Å². The average molecular weight is 323 g/mol. The van der Waals surface area contributed by atoms with Crippen LogP contribution in [0.5, 0.6) is 5.75 Å². The Morgan fingerprint density at radius 2 is 1.71 bits per heavy atom. The van der Waals surface area contributed by atoms with Crippen LogP contribution in [-0.4, -0.2) is 13.0 Å². The van der Waals surface area contributed by atoms with Gasteiger partial charge in [-0.25, -0.2) is 0 Å². The molecule has 0 saturated heterocycles. The highest BCUT2D eigenvalue weighted by atomic mass is 16.5. The molecule has 1 aliphatic carbocycles. The van der Waals surface area contributed by atoms with Crippen LogP contribution in [0.3, 0.4) is 0 Å². The Kier molecular flexibility index (Phi) is 4.61. The van der Waals surface area contributed by atoms with Crippen LogP contribution in [0.25, 0.3) is 0 Å². The maximum Gasteiger partial charge on any atom is 0.235 e. The zero-order valence-corrected chi connectivity index (χ0v) is 14.7. The number of rotatable bonds is 4. The monoisotopic (exact) mass is 323 g/mol. The molecule has 126 valence electrons. The summed E-state index contributed by atoms with van der Waals surface area (Å²) in [4.78, 5) is 13.1. The van der Waals surface area contributed by atoms with Crippen LogP contribution < -0.4 is 10.1 Å². The minimum atomic E-state index is -0.401. The van der Waals surface area contributed by atoms with E-state index in [0.29, 0.717) is 0 Å². The molecule has 3 nitrogen and oxygen atoms in total. The summed E-state index contributed by atoms with van der Waals surface area (Å²) in [7, 11) is 1.66. The van der Waals surface area contributed by atoms with Crippen molar-refractivity contribution in [2.75, 3.05) is 12.4 Å². The Morgan fingerprint density at radius 1 is 1.04 bits per heavy atom. The second-order valence-electron chi connectivity index (χ2n) is 6.79. The normalized spacial score (nSPS) is 16.0. The number of benzene rings is 2. The summed E-state index contributed by atoms with van der Waals surface area (Å²) >= 11 is 0. The fourth-order valence-corrected chi connectivity index (χ4v) is 3.70. The van der Waals surface area contributed by atoms with E-state index in [1.54, 1.807) is 7.11 Å². The van der Waals surface area contributed by atoms with E-state index in [0.717, 1.165) is 48.2 Å². The number of anilines is 1. The van der Waals surface area contributed by atoms with Crippen LogP contribution in [0.1, 0.15) is 42.4 Å². The highest BCUT2D eigenvalue weighted by molar-refractivity contribution is 5.99. The second kappa shape index (κ2) is 6.68. The van der Waals surface area contributed by atoms with Crippen molar-refractivity contribution in [1.82, 2.24) is 0 Å². The maximum absolute atomic E-state index is 13.1. The molecule has 24 heavy (non-hydrogen) atoms. The highest BCUT2D eigenvalue weighted by Crippen LogP contribution is 2.42. The van der Waals surface area contributed by atoms with Crippen molar-refractivity contribution < 1.29 is 9.53 Å². The van der Waals surface area contributed by atoms with Gasteiger partial charge in [-0.15, -0.1) is 0 Å². The molecule has 0 atom stereocenters. The molecular formula is C21H25NO2. The van der Waals surface area contributed by atoms with Gasteiger partial charge in [0.15, 0.2) is 0 Å². The lowest BCUT2D eigenvalue weighted by atomic mass is 9.77. The SMILES string of the molecule is COc1ccc(NC(=O)C2(c3ccc(C)cc3)CCCC2)cc1C. The zero-order valence-electron chi connectivity index (χ0n) is 14.7. The number of hydrogen-bond acceptors (Lipinski definition) is 2. The second-order valence-corrected chi connectivity index (χ2v) is 6.79. The molecule has 0 spiro atoms. The standard InChI is InChI=1S/C21H25NO2/c1-15-6-8-17(9-7-15)21(12-4-5-13-21)20(23)22-18-10-11-19(24-3)16(2)14-18/h6-11,14H,4-5,12-13H2,1-3H3,(H,22,23). The first-order chi connectivity index (χ1) is 11.5. The van der Waals surface area contributed by atoms with Crippen molar-refractivity contribution in [3.8, 4) is 5.75 Å². The topological polar surface area (TPSA) is 38.3 Å². The van der Waals surface area contributed by atoms with E-state index in [4.69, 9.17) is 4.74 Å². The van der Waals surface area contributed by atoms with Crippen LogP contribution in [0.15, 0.2) is 42.5 Å². The van der Waals surface area contributed by atoms with Gasteiger partial charge in [-0.05, 0) is 56.0 Å². The Morgan fingerprint density at radius 3 is 2.29 bits per heavy atom. The van der Waals surface area contributed by atoms with Crippen LogP contribution in [0.4, 0.5) is 5.69 Å². The lowest BCUT2D eigenvalue weighted by Crippen LogP contribution is -2.38. The first-order valence-corrected chi connectivity index (χ1v) is 8.58. The van der Waals surface area contributed by atoms with Gasteiger partial charge in [0.1, 0.15) is 5.75 Å². The summed E-state index contributed by atoms with van der Waals surface area (Å²) < 4.78 is 5.29. The summed E-state index contributed by atoms with van der Waals surface area (Å²) in [6, 6.07) is 14.2. The Bertz CT molecular complexity index is 728. The highest BCUT2D eigenvalue weighted by Gasteiger charge is 2.42. The van der Waals surface area contributed by atoms with Gasteiger partial charge >= 0.3 is 0 Å². The van der Waals surface area contributed by atoms with E-state index in [1.807, 2.05) is 25.1 Å². The summed E-state index contributed by atoms with van der Waals surface area (Å²) in [6.07, 6.45) is 4.03. The van der Waals surface area contributed by atoms with E-state index in [-0.39, 0.29) is 5.91 Å². The van der Waals surface area contributed by atoms with Gasteiger partial charge < -0.3 is 10.1 Å². The predicted molar refractivity (Wildman–Crippen MR) is 97.7 cm³/mol. The van der Waals surface area contributed by atoms with E-state index >= 15 is 0 Å². The van der Waals surface area contributed by atoms with Gasteiger partial charge in [0, 0.05) is 5.69 Å². The molecule has 1 N–H and O–H groups in total. The Hall–Kier alpha value is -2.29. The van der Waals surface area contributed by atoms with Crippen molar-refractivity contribution in [3.05, 3.63) is 59.2 Å². The number of aryl methyl sites for hydroxylation is 2. The van der Waals surface area contributed by atoms with Crippen LogP contribution >= 0.6 is 0 Å². The molecule has 0 bridgehead atoms. The molecule has 1 fully saturated rings.